The van der Waals surface area contributed by atoms with E-state index in [1.165, 1.54) is 66.7 Å². The number of anilines is 1. The third-order valence-corrected chi connectivity index (χ3v) is 9.01. The Labute approximate surface area is 240 Å². The van der Waals surface area contributed by atoms with Gasteiger partial charge in [-0.1, -0.05) is 24.3 Å². The fraction of sp³-hybridized carbons (Fsp3) is 0.486. The minimum Gasteiger partial charge on any atom is -0.497 e. The van der Waals surface area contributed by atoms with Gasteiger partial charge in [-0.25, -0.2) is 0 Å². The second-order valence-electron chi connectivity index (χ2n) is 11.9. The first-order valence-corrected chi connectivity index (χ1v) is 15.2. The molecule has 1 saturated carbocycles. The molecule has 0 spiro atoms. The zero-order valence-corrected chi connectivity index (χ0v) is 24.2. The minimum atomic E-state index is 0.495. The van der Waals surface area contributed by atoms with Crippen molar-refractivity contribution < 1.29 is 14.2 Å². The highest BCUT2D eigenvalue weighted by Gasteiger charge is 2.29. The second kappa shape index (κ2) is 12.6. The first-order valence-electron chi connectivity index (χ1n) is 15.2. The summed E-state index contributed by atoms with van der Waals surface area (Å²) >= 11 is 0. The first-order chi connectivity index (χ1) is 19.7. The maximum Gasteiger partial charge on any atom is 0.120 e. The molecule has 0 N–H and O–H groups in total. The normalized spacial score (nSPS) is 18.8. The smallest absolute Gasteiger partial charge is 0.120 e. The van der Waals surface area contributed by atoms with E-state index in [-0.39, 0.29) is 0 Å². The molecule has 0 amide bonds. The summed E-state index contributed by atoms with van der Waals surface area (Å²) in [6, 6.07) is 22.1. The first kappa shape index (κ1) is 27.0. The van der Waals surface area contributed by atoms with Crippen LogP contribution in [0.3, 0.4) is 0 Å². The van der Waals surface area contributed by atoms with Gasteiger partial charge < -0.3 is 19.1 Å². The van der Waals surface area contributed by atoms with Crippen LogP contribution in [0.1, 0.15) is 60.3 Å². The molecule has 2 fully saturated rings. The molecule has 5 heteroatoms. The highest BCUT2D eigenvalue weighted by Crippen LogP contribution is 2.42. The van der Waals surface area contributed by atoms with Gasteiger partial charge in [0.15, 0.2) is 0 Å². The highest BCUT2D eigenvalue weighted by molar-refractivity contribution is 5.60. The van der Waals surface area contributed by atoms with Gasteiger partial charge in [0.2, 0.25) is 0 Å². The SMILES string of the molecule is COc1ccc2c(c1)CCC(c1ccc(OC)cc1N(Cc1ccc(OCCN3CCCC3)cc1)CC1CC1)C2. The number of benzene rings is 3. The molecule has 3 aromatic rings. The lowest BCUT2D eigenvalue weighted by Crippen LogP contribution is -2.27. The van der Waals surface area contributed by atoms with Crippen LogP contribution >= 0.6 is 0 Å². The highest BCUT2D eigenvalue weighted by atomic mass is 16.5. The number of ether oxygens (including phenoxy) is 3. The van der Waals surface area contributed by atoms with E-state index in [0.717, 1.165) is 68.7 Å². The van der Waals surface area contributed by atoms with Gasteiger partial charge in [0, 0.05) is 31.4 Å². The molecule has 0 bridgehead atoms. The van der Waals surface area contributed by atoms with Gasteiger partial charge in [-0.15, -0.1) is 0 Å². The van der Waals surface area contributed by atoms with Crippen LogP contribution in [-0.2, 0) is 19.4 Å². The summed E-state index contributed by atoms with van der Waals surface area (Å²) in [5.74, 6) is 4.14. The number of hydrogen-bond acceptors (Lipinski definition) is 5. The summed E-state index contributed by atoms with van der Waals surface area (Å²) < 4.78 is 17.3. The summed E-state index contributed by atoms with van der Waals surface area (Å²) in [7, 11) is 3.53. The van der Waals surface area contributed by atoms with Crippen molar-refractivity contribution in [2.24, 2.45) is 5.92 Å². The minimum absolute atomic E-state index is 0.495. The van der Waals surface area contributed by atoms with Crippen LogP contribution in [0.15, 0.2) is 60.7 Å². The summed E-state index contributed by atoms with van der Waals surface area (Å²) in [6.07, 6.45) is 8.62. The quantitative estimate of drug-likeness (QED) is 0.251. The van der Waals surface area contributed by atoms with Gasteiger partial charge in [-0.2, -0.15) is 0 Å². The van der Waals surface area contributed by atoms with Crippen LogP contribution in [-0.4, -0.2) is 51.9 Å². The largest absolute Gasteiger partial charge is 0.497 e. The molecule has 0 radical (unpaired) electrons. The maximum absolute atomic E-state index is 6.08. The Morgan fingerprint density at radius 1 is 0.800 bits per heavy atom. The summed E-state index contributed by atoms with van der Waals surface area (Å²) in [4.78, 5) is 5.11. The molecule has 1 saturated heterocycles. The Morgan fingerprint density at radius 3 is 2.27 bits per heavy atom. The summed E-state index contributed by atoms with van der Waals surface area (Å²) in [5, 5.41) is 0. The Hall–Kier alpha value is -3.18. The topological polar surface area (TPSA) is 34.2 Å². The van der Waals surface area contributed by atoms with E-state index < -0.39 is 0 Å². The fourth-order valence-corrected chi connectivity index (χ4v) is 6.46. The van der Waals surface area contributed by atoms with E-state index in [9.17, 15) is 0 Å². The Bertz CT molecular complexity index is 1260. The van der Waals surface area contributed by atoms with Crippen molar-refractivity contribution >= 4 is 5.69 Å². The molecule has 1 atom stereocenters. The molecule has 212 valence electrons. The molecule has 5 nitrogen and oxygen atoms in total. The van der Waals surface area contributed by atoms with E-state index in [0.29, 0.717) is 5.92 Å². The lowest BCUT2D eigenvalue weighted by Gasteiger charge is -2.32. The van der Waals surface area contributed by atoms with E-state index in [4.69, 9.17) is 14.2 Å². The predicted molar refractivity (Wildman–Crippen MR) is 162 cm³/mol. The molecule has 0 aromatic heterocycles. The number of methoxy groups -OCH3 is 2. The predicted octanol–water partition coefficient (Wildman–Crippen LogP) is 6.87. The third-order valence-electron chi connectivity index (χ3n) is 9.01. The average molecular weight is 541 g/mol. The van der Waals surface area contributed by atoms with Gasteiger partial charge in [0.05, 0.1) is 14.2 Å². The van der Waals surface area contributed by atoms with Gasteiger partial charge in [-0.3, -0.25) is 4.90 Å². The second-order valence-corrected chi connectivity index (χ2v) is 11.9. The van der Waals surface area contributed by atoms with E-state index in [1.807, 2.05) is 0 Å². The molecule has 3 aromatic carbocycles. The van der Waals surface area contributed by atoms with Crippen LogP contribution in [0.25, 0.3) is 0 Å². The summed E-state index contributed by atoms with van der Waals surface area (Å²) in [5.41, 5.74) is 6.99. The molecule has 1 unspecified atom stereocenters. The fourth-order valence-electron chi connectivity index (χ4n) is 6.46. The van der Waals surface area contributed by atoms with Crippen molar-refractivity contribution in [3.63, 3.8) is 0 Å². The molecular weight excluding hydrogens is 496 g/mol. The van der Waals surface area contributed by atoms with Crippen molar-refractivity contribution in [3.05, 3.63) is 82.9 Å². The van der Waals surface area contributed by atoms with Crippen molar-refractivity contribution in [2.75, 3.05) is 51.9 Å². The Kier molecular flexibility index (Phi) is 8.48. The summed E-state index contributed by atoms with van der Waals surface area (Å²) in [6.45, 7) is 6.20. The van der Waals surface area contributed by atoms with E-state index in [1.54, 1.807) is 14.2 Å². The third kappa shape index (κ3) is 6.58. The van der Waals surface area contributed by atoms with Crippen molar-refractivity contribution in [1.82, 2.24) is 4.90 Å². The maximum atomic E-state index is 6.08. The molecule has 3 aliphatic rings. The number of nitrogens with zero attached hydrogens (tertiary/aromatic N) is 2. The molecule has 1 aliphatic heterocycles. The van der Waals surface area contributed by atoms with Crippen molar-refractivity contribution in [2.45, 2.75) is 57.4 Å². The van der Waals surface area contributed by atoms with Gasteiger partial charge >= 0.3 is 0 Å². The molecule has 6 rings (SSSR count). The lowest BCUT2D eigenvalue weighted by molar-refractivity contribution is 0.238. The molecule has 2 aliphatic carbocycles. The monoisotopic (exact) mass is 540 g/mol. The lowest BCUT2D eigenvalue weighted by atomic mass is 9.79. The van der Waals surface area contributed by atoms with Crippen LogP contribution in [0.2, 0.25) is 0 Å². The average Bonchev–Trinajstić information content (AvgIpc) is 3.67. The number of hydrogen-bond donors (Lipinski definition) is 0. The number of aryl methyl sites for hydroxylation is 1. The van der Waals surface area contributed by atoms with E-state index in [2.05, 4.69) is 70.5 Å². The van der Waals surface area contributed by atoms with Gasteiger partial charge in [0.1, 0.15) is 23.9 Å². The van der Waals surface area contributed by atoms with Crippen LogP contribution < -0.4 is 19.1 Å². The zero-order valence-electron chi connectivity index (χ0n) is 24.2. The standard InChI is InChI=1S/C35H44N2O3/c1-38-32-14-11-28-21-30(10-9-29(28)22-32)34-16-15-33(39-2)23-35(34)37(24-26-5-6-26)25-27-7-12-31(13-8-27)40-20-19-36-17-3-4-18-36/h7-8,11-16,22-23,26,30H,3-6,9-10,17-21,24-25H2,1-2H3. The Morgan fingerprint density at radius 2 is 1.52 bits per heavy atom. The molecular formula is C35H44N2O3. The van der Waals surface area contributed by atoms with Crippen molar-refractivity contribution in [3.8, 4) is 17.2 Å². The number of fused-ring (bicyclic) bond motifs is 1. The molecule has 40 heavy (non-hydrogen) atoms. The Balaban J connectivity index is 1.19. The number of rotatable bonds is 12. The molecule has 1 heterocycles. The van der Waals surface area contributed by atoms with E-state index >= 15 is 0 Å². The van der Waals surface area contributed by atoms with Crippen LogP contribution in [0.5, 0.6) is 17.2 Å². The zero-order chi connectivity index (χ0) is 27.3. The number of likely N-dealkylation sites (tertiary alicyclic amines) is 1. The van der Waals surface area contributed by atoms with Crippen LogP contribution in [0, 0.1) is 5.92 Å². The van der Waals surface area contributed by atoms with Crippen LogP contribution in [0.4, 0.5) is 5.69 Å². The van der Waals surface area contributed by atoms with Gasteiger partial charge in [0.25, 0.3) is 0 Å². The van der Waals surface area contributed by atoms with Gasteiger partial charge in [-0.05, 0) is 122 Å². The van der Waals surface area contributed by atoms with Crippen molar-refractivity contribution in [1.29, 1.82) is 0 Å².